The van der Waals surface area contributed by atoms with Crippen molar-refractivity contribution in [3.05, 3.63) is 95.7 Å². The van der Waals surface area contributed by atoms with Gasteiger partial charge in [-0.2, -0.15) is 0 Å². The third-order valence-electron chi connectivity index (χ3n) is 5.78. The van der Waals surface area contributed by atoms with Gasteiger partial charge >= 0.3 is 0 Å². The maximum Gasteiger partial charge on any atom is 0.269 e. The average molecular weight is 497 g/mol. The molecule has 3 N–H and O–H groups in total. The average Bonchev–Trinajstić information content (AvgIpc) is 3.50. The van der Waals surface area contributed by atoms with Crippen LogP contribution in [-0.4, -0.2) is 37.3 Å². The molecule has 2 aromatic heterocycles. The van der Waals surface area contributed by atoms with Crippen molar-refractivity contribution in [2.75, 3.05) is 5.75 Å². The van der Waals surface area contributed by atoms with E-state index in [1.807, 2.05) is 85.3 Å². The SMILES string of the molecule is Cc1ccc(C(=O)NNC(=O)CSc2nnc(-c3c[nH]c4ccccc34)n2-c2ccccc2C)cc1. The predicted octanol–water partition coefficient (Wildman–Crippen LogP) is 4.59. The van der Waals surface area contributed by atoms with Crippen molar-refractivity contribution in [2.24, 2.45) is 0 Å². The molecule has 0 saturated carbocycles. The molecule has 2 heterocycles. The zero-order valence-corrected chi connectivity index (χ0v) is 20.6. The third-order valence-corrected chi connectivity index (χ3v) is 6.71. The van der Waals surface area contributed by atoms with E-state index >= 15 is 0 Å². The van der Waals surface area contributed by atoms with E-state index in [-0.39, 0.29) is 17.6 Å². The molecule has 0 aliphatic rings. The molecular formula is C27H24N6O2S. The zero-order chi connectivity index (χ0) is 25.1. The number of para-hydroxylation sites is 2. The first-order valence-electron chi connectivity index (χ1n) is 11.4. The number of amides is 2. The molecule has 3 aromatic carbocycles. The van der Waals surface area contributed by atoms with E-state index < -0.39 is 0 Å². The fraction of sp³-hybridized carbons (Fsp3) is 0.111. The van der Waals surface area contributed by atoms with Crippen LogP contribution in [0.4, 0.5) is 0 Å². The maximum atomic E-state index is 12.5. The number of aromatic nitrogens is 4. The molecule has 0 spiro atoms. The number of carbonyl (C=O) groups excluding carboxylic acids is 2. The molecule has 0 fully saturated rings. The quantitative estimate of drug-likeness (QED) is 0.236. The number of H-pyrrole nitrogens is 1. The highest BCUT2D eigenvalue weighted by Crippen LogP contribution is 2.33. The van der Waals surface area contributed by atoms with Crippen molar-refractivity contribution < 1.29 is 9.59 Å². The Hall–Kier alpha value is -4.37. The highest BCUT2D eigenvalue weighted by molar-refractivity contribution is 7.99. The molecule has 0 aliphatic carbocycles. The minimum atomic E-state index is -0.377. The van der Waals surface area contributed by atoms with Crippen molar-refractivity contribution in [1.82, 2.24) is 30.6 Å². The second kappa shape index (κ2) is 10.1. The largest absolute Gasteiger partial charge is 0.360 e. The van der Waals surface area contributed by atoms with Gasteiger partial charge in [-0.1, -0.05) is 65.9 Å². The normalized spacial score (nSPS) is 10.9. The Morgan fingerprint density at radius 1 is 0.917 bits per heavy atom. The van der Waals surface area contributed by atoms with Gasteiger partial charge in [-0.05, 0) is 43.7 Å². The van der Waals surface area contributed by atoms with Gasteiger partial charge in [0.15, 0.2) is 11.0 Å². The van der Waals surface area contributed by atoms with Crippen LogP contribution in [0.25, 0.3) is 28.0 Å². The van der Waals surface area contributed by atoms with Crippen molar-refractivity contribution in [1.29, 1.82) is 0 Å². The van der Waals surface area contributed by atoms with Crippen LogP contribution in [0.2, 0.25) is 0 Å². The summed E-state index contributed by atoms with van der Waals surface area (Å²) in [7, 11) is 0. The van der Waals surface area contributed by atoms with Crippen molar-refractivity contribution in [3.63, 3.8) is 0 Å². The van der Waals surface area contributed by atoms with Gasteiger partial charge in [0.25, 0.3) is 5.91 Å². The number of aromatic amines is 1. The summed E-state index contributed by atoms with van der Waals surface area (Å²) >= 11 is 1.25. The van der Waals surface area contributed by atoms with E-state index in [1.54, 1.807) is 12.1 Å². The minimum absolute atomic E-state index is 0.0477. The van der Waals surface area contributed by atoms with E-state index in [2.05, 4.69) is 26.0 Å². The van der Waals surface area contributed by atoms with Crippen LogP contribution in [0.15, 0.2) is 84.1 Å². The topological polar surface area (TPSA) is 105 Å². The molecule has 0 saturated heterocycles. The molecule has 0 bridgehead atoms. The van der Waals surface area contributed by atoms with Gasteiger partial charge in [0.05, 0.1) is 11.4 Å². The number of rotatable bonds is 6. The highest BCUT2D eigenvalue weighted by atomic mass is 32.2. The number of fused-ring (bicyclic) bond motifs is 1. The first kappa shape index (κ1) is 23.4. The lowest BCUT2D eigenvalue weighted by Crippen LogP contribution is -2.42. The van der Waals surface area contributed by atoms with Crippen molar-refractivity contribution >= 4 is 34.5 Å². The van der Waals surface area contributed by atoms with Crippen LogP contribution < -0.4 is 10.9 Å². The van der Waals surface area contributed by atoms with Crippen molar-refractivity contribution in [3.8, 4) is 17.1 Å². The van der Waals surface area contributed by atoms with Gasteiger partial charge in [0.1, 0.15) is 0 Å². The Balaban J connectivity index is 1.37. The number of thioether (sulfide) groups is 1. The summed E-state index contributed by atoms with van der Waals surface area (Å²) < 4.78 is 1.97. The Morgan fingerprint density at radius 2 is 1.67 bits per heavy atom. The lowest BCUT2D eigenvalue weighted by molar-refractivity contribution is -0.119. The first-order chi connectivity index (χ1) is 17.5. The van der Waals surface area contributed by atoms with Gasteiger partial charge in [0.2, 0.25) is 5.91 Å². The third kappa shape index (κ3) is 4.73. The molecule has 180 valence electrons. The van der Waals surface area contributed by atoms with Crippen LogP contribution in [-0.2, 0) is 4.79 Å². The van der Waals surface area contributed by atoms with E-state index in [0.29, 0.717) is 16.5 Å². The smallest absolute Gasteiger partial charge is 0.269 e. The summed E-state index contributed by atoms with van der Waals surface area (Å²) in [6.45, 7) is 3.97. The van der Waals surface area contributed by atoms with Gasteiger partial charge in [0, 0.05) is 28.2 Å². The number of nitrogens with one attached hydrogen (secondary N) is 3. The van der Waals surface area contributed by atoms with Gasteiger partial charge in [-0.3, -0.25) is 25.0 Å². The van der Waals surface area contributed by atoms with Crippen LogP contribution >= 0.6 is 11.8 Å². The van der Waals surface area contributed by atoms with Gasteiger partial charge in [-0.15, -0.1) is 10.2 Å². The second-order valence-corrected chi connectivity index (χ2v) is 9.28. The molecule has 0 aliphatic heterocycles. The van der Waals surface area contributed by atoms with Crippen LogP contribution in [0.1, 0.15) is 21.5 Å². The summed E-state index contributed by atoms with van der Waals surface area (Å²) in [6.07, 6.45) is 1.92. The van der Waals surface area contributed by atoms with Crippen molar-refractivity contribution in [2.45, 2.75) is 19.0 Å². The lowest BCUT2D eigenvalue weighted by atomic mass is 10.1. The fourth-order valence-electron chi connectivity index (χ4n) is 3.90. The second-order valence-electron chi connectivity index (χ2n) is 8.33. The summed E-state index contributed by atoms with van der Waals surface area (Å²) in [5, 5.41) is 10.5. The van der Waals surface area contributed by atoms with Crippen LogP contribution in [0, 0.1) is 13.8 Å². The molecular weight excluding hydrogens is 472 g/mol. The molecule has 5 rings (SSSR count). The monoisotopic (exact) mass is 496 g/mol. The van der Waals surface area contributed by atoms with E-state index in [9.17, 15) is 9.59 Å². The Bertz CT molecular complexity index is 1550. The Labute approximate surface area is 212 Å². The Morgan fingerprint density at radius 3 is 2.47 bits per heavy atom. The lowest BCUT2D eigenvalue weighted by Gasteiger charge is -2.13. The molecule has 5 aromatic rings. The van der Waals surface area contributed by atoms with E-state index in [0.717, 1.165) is 33.3 Å². The summed E-state index contributed by atoms with van der Waals surface area (Å²) in [5.74, 6) is -0.00432. The first-order valence-corrected chi connectivity index (χ1v) is 12.4. The van der Waals surface area contributed by atoms with Gasteiger partial charge < -0.3 is 4.98 Å². The van der Waals surface area contributed by atoms with Gasteiger partial charge in [-0.25, -0.2) is 0 Å². The summed E-state index contributed by atoms with van der Waals surface area (Å²) in [5.41, 5.74) is 10.4. The molecule has 0 atom stereocenters. The Kier molecular flexibility index (Phi) is 6.55. The predicted molar refractivity (Wildman–Crippen MR) is 141 cm³/mol. The maximum absolute atomic E-state index is 12.5. The number of hydrogen-bond acceptors (Lipinski definition) is 5. The summed E-state index contributed by atoms with van der Waals surface area (Å²) in [4.78, 5) is 28.1. The highest BCUT2D eigenvalue weighted by Gasteiger charge is 2.20. The number of hydrogen-bond donors (Lipinski definition) is 3. The zero-order valence-electron chi connectivity index (χ0n) is 19.8. The molecule has 0 radical (unpaired) electrons. The van der Waals surface area contributed by atoms with E-state index in [1.165, 1.54) is 11.8 Å². The fourth-order valence-corrected chi connectivity index (χ4v) is 4.64. The summed E-state index contributed by atoms with van der Waals surface area (Å²) in [6, 6.07) is 23.1. The number of aryl methyl sites for hydroxylation is 2. The standard InChI is InChI=1S/C27H24N6O2S/c1-17-11-13-19(14-12-17)26(35)31-29-24(34)16-36-27-32-30-25(33(27)23-10-6-3-7-18(23)2)21-15-28-22-9-5-4-8-20(21)22/h3-15,28H,16H2,1-2H3,(H,29,34)(H,31,35). The molecule has 2 amide bonds. The van der Waals surface area contributed by atoms with E-state index in [4.69, 9.17) is 0 Å². The number of benzene rings is 3. The number of carbonyl (C=O) groups is 2. The minimum Gasteiger partial charge on any atom is -0.360 e. The molecule has 0 unspecified atom stereocenters. The van der Waals surface area contributed by atoms with Crippen LogP contribution in [0.5, 0.6) is 0 Å². The molecule has 8 nitrogen and oxygen atoms in total. The van der Waals surface area contributed by atoms with Crippen LogP contribution in [0.3, 0.4) is 0 Å². The number of nitrogens with zero attached hydrogens (tertiary/aromatic N) is 3. The number of hydrazine groups is 1. The molecule has 9 heteroatoms. The molecule has 36 heavy (non-hydrogen) atoms.